The van der Waals surface area contributed by atoms with Crippen molar-refractivity contribution >= 4 is 52.2 Å². The molecular formula is C16H12Cl2N4O2S. The number of amides is 1. The summed E-state index contributed by atoms with van der Waals surface area (Å²) >= 11 is 12.8. The Kier molecular flexibility index (Phi) is 5.27. The minimum atomic E-state index is -0.433. The zero-order chi connectivity index (χ0) is 18.0. The largest absolute Gasteiger partial charge is 0.355 e. The molecule has 2 heterocycles. The predicted molar refractivity (Wildman–Crippen MR) is 99.8 cm³/mol. The van der Waals surface area contributed by atoms with E-state index in [4.69, 9.17) is 23.2 Å². The van der Waals surface area contributed by atoms with Gasteiger partial charge >= 0.3 is 5.69 Å². The summed E-state index contributed by atoms with van der Waals surface area (Å²) in [5.74, 6) is -0.210. The number of aromatic nitrogens is 3. The number of hydrogen-bond acceptors (Lipinski definition) is 5. The first kappa shape index (κ1) is 17.7. The van der Waals surface area contributed by atoms with E-state index < -0.39 is 5.69 Å². The molecule has 25 heavy (non-hydrogen) atoms. The topological polar surface area (TPSA) is 76.4 Å². The fourth-order valence-electron chi connectivity index (χ4n) is 2.06. The van der Waals surface area contributed by atoms with Gasteiger partial charge < -0.3 is 5.32 Å². The molecule has 1 aromatic carbocycles. The van der Waals surface area contributed by atoms with Gasteiger partial charge in [0.05, 0.1) is 15.8 Å². The lowest BCUT2D eigenvalue weighted by Gasteiger charge is -2.06. The number of carbonyl (C=O) groups excluding carboxylic acids is 1. The van der Waals surface area contributed by atoms with E-state index in [1.54, 1.807) is 36.5 Å². The van der Waals surface area contributed by atoms with Gasteiger partial charge in [0, 0.05) is 11.9 Å². The van der Waals surface area contributed by atoms with Crippen LogP contribution < -0.4 is 11.0 Å². The summed E-state index contributed by atoms with van der Waals surface area (Å²) in [6.45, 7) is 1.91. The number of halogens is 2. The Morgan fingerprint density at radius 2 is 2.00 bits per heavy atom. The lowest BCUT2D eigenvalue weighted by atomic mass is 10.3. The molecule has 9 heteroatoms. The summed E-state index contributed by atoms with van der Waals surface area (Å²) in [6.07, 6.45) is 1.62. The number of anilines is 1. The maximum absolute atomic E-state index is 12.0. The number of aryl methyl sites for hydroxylation is 1. The van der Waals surface area contributed by atoms with E-state index in [1.807, 2.05) is 6.92 Å². The van der Waals surface area contributed by atoms with Crippen LogP contribution in [0.15, 0.2) is 46.5 Å². The quantitative estimate of drug-likeness (QED) is 0.685. The maximum Gasteiger partial charge on any atom is 0.355 e. The number of fused-ring (bicyclic) bond motifs is 1. The number of benzene rings is 1. The first-order valence-electron chi connectivity index (χ1n) is 7.17. The van der Waals surface area contributed by atoms with Crippen LogP contribution in [-0.2, 0) is 4.79 Å². The van der Waals surface area contributed by atoms with Crippen molar-refractivity contribution in [1.82, 2.24) is 14.4 Å². The summed E-state index contributed by atoms with van der Waals surface area (Å²) in [6, 6.07) is 8.40. The Morgan fingerprint density at radius 1 is 1.20 bits per heavy atom. The van der Waals surface area contributed by atoms with Crippen molar-refractivity contribution in [3.8, 4) is 0 Å². The third kappa shape index (κ3) is 4.31. The van der Waals surface area contributed by atoms with Crippen molar-refractivity contribution in [2.45, 2.75) is 12.1 Å². The van der Waals surface area contributed by atoms with Crippen molar-refractivity contribution in [3.05, 3.63) is 62.6 Å². The second-order valence-electron chi connectivity index (χ2n) is 5.19. The third-order valence-electron chi connectivity index (χ3n) is 3.23. The van der Waals surface area contributed by atoms with E-state index in [2.05, 4.69) is 15.3 Å². The molecule has 6 nitrogen and oxygen atoms in total. The highest BCUT2D eigenvalue weighted by Gasteiger charge is 2.09. The number of nitrogens with one attached hydrogen (secondary N) is 1. The summed E-state index contributed by atoms with van der Waals surface area (Å²) < 4.78 is 1.35. The molecule has 0 aliphatic rings. The van der Waals surface area contributed by atoms with Gasteiger partial charge in [0.1, 0.15) is 5.65 Å². The summed E-state index contributed by atoms with van der Waals surface area (Å²) in [7, 11) is 0. The van der Waals surface area contributed by atoms with E-state index in [-0.39, 0.29) is 16.8 Å². The van der Waals surface area contributed by atoms with E-state index >= 15 is 0 Å². The number of carbonyl (C=O) groups is 1. The molecule has 3 rings (SSSR count). The van der Waals surface area contributed by atoms with Crippen molar-refractivity contribution < 1.29 is 4.79 Å². The highest BCUT2D eigenvalue weighted by Crippen LogP contribution is 2.25. The molecule has 0 saturated heterocycles. The average molecular weight is 395 g/mol. The second-order valence-corrected chi connectivity index (χ2v) is 6.94. The van der Waals surface area contributed by atoms with Gasteiger partial charge in [0.15, 0.2) is 5.16 Å². The Bertz CT molecular complexity index is 1020. The third-order valence-corrected chi connectivity index (χ3v) is 4.82. The van der Waals surface area contributed by atoms with Gasteiger partial charge in [-0.3, -0.25) is 9.20 Å². The van der Waals surface area contributed by atoms with Crippen LogP contribution >= 0.6 is 35.0 Å². The highest BCUT2D eigenvalue weighted by molar-refractivity contribution is 7.99. The van der Waals surface area contributed by atoms with Crippen molar-refractivity contribution in [2.24, 2.45) is 0 Å². The fourth-order valence-corrected chi connectivity index (χ4v) is 2.99. The van der Waals surface area contributed by atoms with E-state index in [1.165, 1.54) is 4.40 Å². The lowest BCUT2D eigenvalue weighted by Crippen LogP contribution is -2.20. The van der Waals surface area contributed by atoms with E-state index in [0.29, 0.717) is 21.4 Å². The van der Waals surface area contributed by atoms with Crippen LogP contribution in [0.4, 0.5) is 5.69 Å². The number of nitrogens with zero attached hydrogens (tertiary/aromatic N) is 3. The number of pyridine rings is 1. The van der Waals surface area contributed by atoms with Crippen LogP contribution in [0, 0.1) is 6.92 Å². The summed E-state index contributed by atoms with van der Waals surface area (Å²) in [4.78, 5) is 32.2. The molecule has 0 radical (unpaired) electrons. The molecule has 3 aromatic rings. The monoisotopic (exact) mass is 394 g/mol. The first-order valence-corrected chi connectivity index (χ1v) is 8.91. The summed E-state index contributed by atoms with van der Waals surface area (Å²) in [5.41, 5.74) is 1.58. The molecule has 2 aromatic heterocycles. The van der Waals surface area contributed by atoms with Crippen LogP contribution in [-0.4, -0.2) is 26.0 Å². The second kappa shape index (κ2) is 7.43. The van der Waals surface area contributed by atoms with Crippen molar-refractivity contribution in [3.63, 3.8) is 0 Å². The van der Waals surface area contributed by atoms with Crippen LogP contribution in [0.3, 0.4) is 0 Å². The molecule has 0 atom stereocenters. The van der Waals surface area contributed by atoms with Gasteiger partial charge in [0.25, 0.3) is 0 Å². The molecule has 0 aliphatic heterocycles. The van der Waals surface area contributed by atoms with E-state index in [9.17, 15) is 9.59 Å². The Balaban J connectivity index is 1.70. The Morgan fingerprint density at radius 3 is 2.76 bits per heavy atom. The molecule has 0 fully saturated rings. The van der Waals surface area contributed by atoms with Crippen LogP contribution in [0.1, 0.15) is 5.56 Å². The van der Waals surface area contributed by atoms with Gasteiger partial charge in [-0.1, -0.05) is 35.0 Å². The van der Waals surface area contributed by atoms with Gasteiger partial charge in [-0.15, -0.1) is 0 Å². The SMILES string of the molecule is Cc1ccn2c(=O)nc(SCC(=O)Nc3ccc(Cl)c(Cl)c3)nc2c1. The Labute approximate surface area is 157 Å². The molecule has 0 unspecified atom stereocenters. The smallest absolute Gasteiger partial charge is 0.325 e. The number of thioether (sulfide) groups is 1. The molecule has 0 bridgehead atoms. The molecule has 0 spiro atoms. The van der Waals surface area contributed by atoms with Crippen LogP contribution in [0.5, 0.6) is 0 Å². The standard InChI is InChI=1S/C16H12Cl2N4O2S/c1-9-4-5-22-13(6-9)20-15(21-16(22)24)25-8-14(23)19-10-2-3-11(17)12(18)7-10/h2-7H,8H2,1H3,(H,19,23). The minimum Gasteiger partial charge on any atom is -0.325 e. The van der Waals surface area contributed by atoms with Gasteiger partial charge in [0.2, 0.25) is 5.91 Å². The molecule has 0 saturated carbocycles. The van der Waals surface area contributed by atoms with Crippen molar-refractivity contribution in [2.75, 3.05) is 11.1 Å². The highest BCUT2D eigenvalue weighted by atomic mass is 35.5. The lowest BCUT2D eigenvalue weighted by molar-refractivity contribution is -0.113. The van der Waals surface area contributed by atoms with Gasteiger partial charge in [-0.25, -0.2) is 9.78 Å². The van der Waals surface area contributed by atoms with Gasteiger partial charge in [-0.05, 0) is 42.8 Å². The fraction of sp³-hybridized carbons (Fsp3) is 0.125. The molecule has 128 valence electrons. The molecule has 0 aliphatic carbocycles. The summed E-state index contributed by atoms with van der Waals surface area (Å²) in [5, 5.41) is 3.72. The molecular weight excluding hydrogens is 383 g/mol. The average Bonchev–Trinajstić information content (AvgIpc) is 2.56. The number of rotatable bonds is 4. The maximum atomic E-state index is 12.0. The molecule has 1 N–H and O–H groups in total. The zero-order valence-electron chi connectivity index (χ0n) is 13.0. The molecule has 1 amide bonds. The first-order chi connectivity index (χ1) is 11.9. The van der Waals surface area contributed by atoms with Crippen LogP contribution in [0.2, 0.25) is 10.0 Å². The number of hydrogen-bond donors (Lipinski definition) is 1. The van der Waals surface area contributed by atoms with Crippen LogP contribution in [0.25, 0.3) is 5.65 Å². The van der Waals surface area contributed by atoms with Gasteiger partial charge in [-0.2, -0.15) is 4.98 Å². The Hall–Kier alpha value is -2.09. The predicted octanol–water partition coefficient (Wildman–Crippen LogP) is 3.44. The zero-order valence-corrected chi connectivity index (χ0v) is 15.3. The minimum absolute atomic E-state index is 0.0572. The van der Waals surface area contributed by atoms with Crippen molar-refractivity contribution in [1.29, 1.82) is 0 Å². The van der Waals surface area contributed by atoms with E-state index in [0.717, 1.165) is 17.3 Å². The normalized spacial score (nSPS) is 10.8.